The number of primary amides is 1. The molecule has 0 unspecified atom stereocenters. The van der Waals surface area contributed by atoms with Gasteiger partial charge in [-0.05, 0) is 0 Å². The SMILES string of the molecule is NCC(N)=O.O=C(O)CCC(=O)O. The van der Waals surface area contributed by atoms with Gasteiger partial charge in [0.25, 0.3) is 0 Å². The molecular formula is C6H12N2O5. The van der Waals surface area contributed by atoms with Crippen LogP contribution in [0.25, 0.3) is 0 Å². The Morgan fingerprint density at radius 3 is 1.31 bits per heavy atom. The van der Waals surface area contributed by atoms with Crippen LogP contribution in [0.3, 0.4) is 0 Å². The van der Waals surface area contributed by atoms with Crippen molar-refractivity contribution in [1.82, 2.24) is 0 Å². The summed E-state index contributed by atoms with van der Waals surface area (Å²) in [5.41, 5.74) is 9.22. The lowest BCUT2D eigenvalue weighted by Crippen LogP contribution is -2.21. The van der Waals surface area contributed by atoms with E-state index >= 15 is 0 Å². The number of carbonyl (C=O) groups is 3. The zero-order chi connectivity index (χ0) is 10.9. The van der Waals surface area contributed by atoms with Crippen molar-refractivity contribution in [3.05, 3.63) is 0 Å². The molecule has 7 heteroatoms. The first-order valence-electron chi connectivity index (χ1n) is 3.32. The van der Waals surface area contributed by atoms with E-state index in [9.17, 15) is 14.4 Å². The third-order valence-electron chi connectivity index (χ3n) is 0.754. The lowest BCUT2D eigenvalue weighted by Gasteiger charge is -1.85. The molecule has 0 aliphatic rings. The maximum Gasteiger partial charge on any atom is 0.303 e. The van der Waals surface area contributed by atoms with E-state index in [4.69, 9.17) is 15.9 Å². The molecular weight excluding hydrogens is 180 g/mol. The molecule has 0 bridgehead atoms. The van der Waals surface area contributed by atoms with Gasteiger partial charge in [0.05, 0.1) is 19.4 Å². The van der Waals surface area contributed by atoms with Crippen molar-refractivity contribution in [2.45, 2.75) is 12.8 Å². The van der Waals surface area contributed by atoms with Crippen LogP contribution in [0.15, 0.2) is 0 Å². The number of amides is 1. The lowest BCUT2D eigenvalue weighted by atomic mass is 10.3. The van der Waals surface area contributed by atoms with Crippen LogP contribution >= 0.6 is 0 Å². The molecule has 0 saturated carbocycles. The Balaban J connectivity index is 0. The van der Waals surface area contributed by atoms with E-state index in [-0.39, 0.29) is 19.4 Å². The van der Waals surface area contributed by atoms with Crippen LogP contribution in [-0.4, -0.2) is 34.6 Å². The van der Waals surface area contributed by atoms with Crippen molar-refractivity contribution in [1.29, 1.82) is 0 Å². The Bertz CT molecular complexity index is 177. The molecule has 76 valence electrons. The molecule has 0 atom stereocenters. The number of aliphatic carboxylic acids is 2. The fourth-order valence-corrected chi connectivity index (χ4v) is 0.214. The summed E-state index contributed by atoms with van der Waals surface area (Å²) in [7, 11) is 0. The van der Waals surface area contributed by atoms with Crippen molar-refractivity contribution in [3.63, 3.8) is 0 Å². The summed E-state index contributed by atoms with van der Waals surface area (Å²) in [6.45, 7) is -0.0556. The van der Waals surface area contributed by atoms with Gasteiger partial charge in [-0.3, -0.25) is 14.4 Å². The zero-order valence-corrected chi connectivity index (χ0v) is 6.90. The molecule has 0 radical (unpaired) electrons. The fourth-order valence-electron chi connectivity index (χ4n) is 0.214. The highest BCUT2D eigenvalue weighted by Gasteiger charge is 2.00. The largest absolute Gasteiger partial charge is 0.481 e. The Morgan fingerprint density at radius 2 is 1.23 bits per heavy atom. The van der Waals surface area contributed by atoms with Gasteiger partial charge in [0.15, 0.2) is 0 Å². The first-order valence-corrected chi connectivity index (χ1v) is 3.32. The second-order valence-electron chi connectivity index (χ2n) is 1.96. The van der Waals surface area contributed by atoms with Crippen molar-refractivity contribution in [3.8, 4) is 0 Å². The minimum Gasteiger partial charge on any atom is -0.481 e. The first-order chi connectivity index (χ1) is 5.90. The van der Waals surface area contributed by atoms with Crippen molar-refractivity contribution in [2.75, 3.05) is 6.54 Å². The lowest BCUT2D eigenvalue weighted by molar-refractivity contribution is -0.143. The van der Waals surface area contributed by atoms with E-state index in [0.29, 0.717) is 0 Å². The summed E-state index contributed by atoms with van der Waals surface area (Å²) in [4.78, 5) is 28.7. The van der Waals surface area contributed by atoms with E-state index in [1.165, 1.54) is 0 Å². The fraction of sp³-hybridized carbons (Fsp3) is 0.500. The summed E-state index contributed by atoms with van der Waals surface area (Å²) >= 11 is 0. The molecule has 6 N–H and O–H groups in total. The van der Waals surface area contributed by atoms with Gasteiger partial charge in [-0.15, -0.1) is 0 Å². The predicted octanol–water partition coefficient (Wildman–Crippen LogP) is -1.63. The van der Waals surface area contributed by atoms with Gasteiger partial charge in [0.1, 0.15) is 0 Å². The number of hydrogen-bond donors (Lipinski definition) is 4. The first kappa shape index (κ1) is 13.9. The molecule has 0 aromatic carbocycles. The van der Waals surface area contributed by atoms with Gasteiger partial charge >= 0.3 is 11.9 Å². The molecule has 0 rings (SSSR count). The minimum atomic E-state index is -1.08. The number of nitrogens with two attached hydrogens (primary N) is 2. The average Bonchev–Trinajstić information content (AvgIpc) is 2.02. The highest BCUT2D eigenvalue weighted by molar-refractivity contribution is 5.75. The molecule has 0 aromatic rings. The van der Waals surface area contributed by atoms with Gasteiger partial charge in [-0.25, -0.2) is 0 Å². The van der Waals surface area contributed by atoms with Gasteiger partial charge in [-0.2, -0.15) is 0 Å². The molecule has 7 nitrogen and oxygen atoms in total. The monoisotopic (exact) mass is 192 g/mol. The maximum absolute atomic E-state index is 9.64. The Labute approximate surface area is 74.3 Å². The maximum atomic E-state index is 9.64. The van der Waals surface area contributed by atoms with E-state index in [0.717, 1.165) is 0 Å². The highest BCUT2D eigenvalue weighted by Crippen LogP contribution is 1.86. The van der Waals surface area contributed by atoms with Crippen LogP contribution in [0, 0.1) is 0 Å². The van der Waals surface area contributed by atoms with E-state index < -0.39 is 17.8 Å². The van der Waals surface area contributed by atoms with Crippen molar-refractivity contribution in [2.24, 2.45) is 11.5 Å². The van der Waals surface area contributed by atoms with Crippen LogP contribution in [0.5, 0.6) is 0 Å². The smallest absolute Gasteiger partial charge is 0.303 e. The van der Waals surface area contributed by atoms with E-state index in [1.54, 1.807) is 0 Å². The molecule has 13 heavy (non-hydrogen) atoms. The molecule has 0 saturated heterocycles. The predicted molar refractivity (Wildman–Crippen MR) is 42.8 cm³/mol. The summed E-state index contributed by atoms with van der Waals surface area (Å²) < 4.78 is 0. The minimum absolute atomic E-state index is 0.0556. The van der Waals surface area contributed by atoms with Crippen molar-refractivity contribution < 1.29 is 24.6 Å². The van der Waals surface area contributed by atoms with Crippen LogP contribution in [0.1, 0.15) is 12.8 Å². The zero-order valence-electron chi connectivity index (χ0n) is 6.90. The summed E-state index contributed by atoms with van der Waals surface area (Å²) in [5.74, 6) is -2.62. The third kappa shape index (κ3) is 25.2. The normalized spacial score (nSPS) is 8.08. The van der Waals surface area contributed by atoms with Crippen LogP contribution in [0.4, 0.5) is 0 Å². The van der Waals surface area contributed by atoms with Gasteiger partial charge < -0.3 is 21.7 Å². The Hall–Kier alpha value is -1.63. The van der Waals surface area contributed by atoms with Gasteiger partial charge in [-0.1, -0.05) is 0 Å². The standard InChI is InChI=1S/C4H6O4.C2H6N2O/c5-3(6)1-2-4(7)8;3-1-2(4)5/h1-2H2,(H,5,6)(H,7,8);1,3H2,(H2,4,5). The molecule has 0 fully saturated rings. The van der Waals surface area contributed by atoms with Crippen LogP contribution < -0.4 is 11.5 Å². The molecule has 0 heterocycles. The number of carboxylic acids is 2. The summed E-state index contributed by atoms with van der Waals surface area (Å²) in [5, 5.41) is 15.8. The Morgan fingerprint density at radius 1 is 1.00 bits per heavy atom. The summed E-state index contributed by atoms with van der Waals surface area (Å²) in [6, 6.07) is 0. The topological polar surface area (TPSA) is 144 Å². The molecule has 0 aromatic heterocycles. The number of carboxylic acid groups (broad SMARTS) is 2. The second kappa shape index (κ2) is 8.47. The highest BCUT2D eigenvalue weighted by atomic mass is 16.4. The molecule has 1 amide bonds. The van der Waals surface area contributed by atoms with Crippen LogP contribution in [0.2, 0.25) is 0 Å². The van der Waals surface area contributed by atoms with E-state index in [2.05, 4.69) is 5.73 Å². The quantitative estimate of drug-likeness (QED) is 0.420. The molecule has 0 spiro atoms. The number of rotatable bonds is 4. The average molecular weight is 192 g/mol. The van der Waals surface area contributed by atoms with Gasteiger partial charge in [0, 0.05) is 0 Å². The van der Waals surface area contributed by atoms with Crippen LogP contribution in [-0.2, 0) is 14.4 Å². The second-order valence-corrected chi connectivity index (χ2v) is 1.96. The molecule has 0 aliphatic carbocycles. The third-order valence-corrected chi connectivity index (χ3v) is 0.754. The number of hydrogen-bond acceptors (Lipinski definition) is 4. The van der Waals surface area contributed by atoms with Gasteiger partial charge in [0.2, 0.25) is 5.91 Å². The van der Waals surface area contributed by atoms with Crippen molar-refractivity contribution >= 4 is 17.8 Å². The Kier molecular flexibility index (Phi) is 9.07. The summed E-state index contributed by atoms with van der Waals surface area (Å²) in [6.07, 6.45) is -0.593. The molecule has 0 aliphatic heterocycles. The van der Waals surface area contributed by atoms with E-state index in [1.807, 2.05) is 0 Å². The number of carbonyl (C=O) groups excluding carboxylic acids is 1.